The van der Waals surface area contributed by atoms with Gasteiger partial charge in [0.15, 0.2) is 0 Å². The van der Waals surface area contributed by atoms with Crippen molar-refractivity contribution in [2.75, 3.05) is 0 Å². The van der Waals surface area contributed by atoms with Crippen LogP contribution in [0.3, 0.4) is 0 Å². The molecule has 1 N–H and O–H groups in total. The lowest BCUT2D eigenvalue weighted by Gasteiger charge is -2.04. The van der Waals surface area contributed by atoms with Crippen molar-refractivity contribution in [3.8, 4) is 5.69 Å². The van der Waals surface area contributed by atoms with Gasteiger partial charge >= 0.3 is 0 Å². The van der Waals surface area contributed by atoms with Crippen molar-refractivity contribution in [1.29, 1.82) is 0 Å². The zero-order valence-electron chi connectivity index (χ0n) is 13.2. The summed E-state index contributed by atoms with van der Waals surface area (Å²) >= 11 is 5.94. The van der Waals surface area contributed by atoms with E-state index in [1.165, 1.54) is 0 Å². The van der Waals surface area contributed by atoms with Gasteiger partial charge < -0.3 is 5.32 Å². The highest BCUT2D eigenvalue weighted by atomic mass is 35.5. The second-order valence-corrected chi connectivity index (χ2v) is 5.97. The summed E-state index contributed by atoms with van der Waals surface area (Å²) in [6.45, 7) is 0.473. The van der Waals surface area contributed by atoms with Crippen molar-refractivity contribution in [1.82, 2.24) is 15.1 Å². The zero-order valence-corrected chi connectivity index (χ0v) is 13.9. The minimum Gasteiger partial charge on any atom is -0.352 e. The maximum absolute atomic E-state index is 12.0. The highest BCUT2D eigenvalue weighted by Crippen LogP contribution is 2.12. The Bertz CT molecular complexity index is 814. The molecule has 0 aliphatic heterocycles. The number of para-hydroxylation sites is 1. The Labute approximate surface area is 146 Å². The third-order valence-corrected chi connectivity index (χ3v) is 3.91. The predicted octanol–water partition coefficient (Wildman–Crippen LogP) is 3.77. The molecule has 3 rings (SSSR count). The summed E-state index contributed by atoms with van der Waals surface area (Å²) in [4.78, 5) is 12.0. The van der Waals surface area contributed by atoms with Crippen molar-refractivity contribution in [2.24, 2.45) is 0 Å². The molecule has 0 fully saturated rings. The molecule has 0 aliphatic rings. The molecule has 0 saturated heterocycles. The molecule has 1 amide bonds. The third-order valence-electron chi connectivity index (χ3n) is 3.68. The van der Waals surface area contributed by atoms with E-state index in [1.54, 1.807) is 10.9 Å². The van der Waals surface area contributed by atoms with Crippen LogP contribution in [0.25, 0.3) is 5.69 Å². The zero-order chi connectivity index (χ0) is 16.8. The van der Waals surface area contributed by atoms with Crippen LogP contribution in [0.15, 0.2) is 67.0 Å². The molecule has 0 unspecified atom stereocenters. The molecule has 3 aromatic rings. The van der Waals surface area contributed by atoms with Gasteiger partial charge in [0.05, 0.1) is 11.9 Å². The molecule has 1 aromatic heterocycles. The minimum absolute atomic E-state index is 0.0161. The normalized spacial score (nSPS) is 10.5. The van der Waals surface area contributed by atoms with E-state index in [1.807, 2.05) is 60.8 Å². The third kappa shape index (κ3) is 4.46. The Hall–Kier alpha value is -2.59. The highest BCUT2D eigenvalue weighted by molar-refractivity contribution is 6.30. The first-order valence-corrected chi connectivity index (χ1v) is 8.18. The molecular formula is C19H18ClN3O. The lowest BCUT2D eigenvalue weighted by Crippen LogP contribution is -2.22. The number of hydrogen-bond donors (Lipinski definition) is 1. The van der Waals surface area contributed by atoms with E-state index >= 15 is 0 Å². The number of nitrogens with zero attached hydrogens (tertiary/aromatic N) is 2. The highest BCUT2D eigenvalue weighted by Gasteiger charge is 2.05. The molecule has 4 nitrogen and oxygen atoms in total. The second-order valence-electron chi connectivity index (χ2n) is 5.54. The fraction of sp³-hybridized carbons (Fsp3) is 0.158. The molecule has 5 heteroatoms. The van der Waals surface area contributed by atoms with Gasteiger partial charge in [-0.2, -0.15) is 5.10 Å². The lowest BCUT2D eigenvalue weighted by atomic mass is 10.1. The van der Waals surface area contributed by atoms with Crippen LogP contribution in [-0.2, 0) is 17.8 Å². The number of carbonyl (C=O) groups excluding carboxylic acids is 1. The number of aromatic nitrogens is 2. The van der Waals surface area contributed by atoms with Gasteiger partial charge in [-0.15, -0.1) is 0 Å². The summed E-state index contributed by atoms with van der Waals surface area (Å²) in [6, 6.07) is 17.5. The van der Waals surface area contributed by atoms with E-state index in [9.17, 15) is 4.79 Å². The minimum atomic E-state index is 0.0161. The Kier molecular flexibility index (Phi) is 5.29. The summed E-state index contributed by atoms with van der Waals surface area (Å²) in [6.07, 6.45) is 4.81. The summed E-state index contributed by atoms with van der Waals surface area (Å²) in [5, 5.41) is 7.94. The van der Waals surface area contributed by atoms with Crippen molar-refractivity contribution < 1.29 is 4.79 Å². The van der Waals surface area contributed by atoms with Crippen molar-refractivity contribution >= 4 is 17.5 Å². The Morgan fingerprint density at radius 2 is 1.92 bits per heavy atom. The number of hydrogen-bond acceptors (Lipinski definition) is 2. The van der Waals surface area contributed by atoms with Gasteiger partial charge in [-0.25, -0.2) is 4.68 Å². The van der Waals surface area contributed by atoms with Crippen LogP contribution in [0.5, 0.6) is 0 Å². The van der Waals surface area contributed by atoms with Crippen LogP contribution in [0.2, 0.25) is 5.02 Å². The fourth-order valence-electron chi connectivity index (χ4n) is 2.41. The number of amides is 1. The molecule has 2 aromatic carbocycles. The van der Waals surface area contributed by atoms with Crippen molar-refractivity contribution in [3.63, 3.8) is 0 Å². The first kappa shape index (κ1) is 16.3. The Balaban J connectivity index is 1.49. The van der Waals surface area contributed by atoms with Crippen LogP contribution in [0.1, 0.15) is 17.5 Å². The molecule has 0 atom stereocenters. The first-order chi connectivity index (χ1) is 11.7. The van der Waals surface area contributed by atoms with Gasteiger partial charge in [-0.3, -0.25) is 4.79 Å². The number of nitrogens with one attached hydrogen (secondary N) is 1. The number of benzene rings is 2. The number of halogens is 1. The summed E-state index contributed by atoms with van der Waals surface area (Å²) < 4.78 is 1.80. The van der Waals surface area contributed by atoms with Crippen LogP contribution in [0, 0.1) is 0 Å². The first-order valence-electron chi connectivity index (χ1n) is 7.81. The monoisotopic (exact) mass is 339 g/mol. The molecule has 0 radical (unpaired) electrons. The topological polar surface area (TPSA) is 46.9 Å². The van der Waals surface area contributed by atoms with E-state index < -0.39 is 0 Å². The van der Waals surface area contributed by atoms with Gasteiger partial charge in [-0.1, -0.05) is 41.9 Å². The van der Waals surface area contributed by atoms with Crippen LogP contribution < -0.4 is 5.32 Å². The predicted molar refractivity (Wildman–Crippen MR) is 95.2 cm³/mol. The molecular weight excluding hydrogens is 322 g/mol. The summed E-state index contributed by atoms with van der Waals surface area (Å²) in [7, 11) is 0. The molecule has 0 saturated carbocycles. The van der Waals surface area contributed by atoms with E-state index in [4.69, 9.17) is 11.6 Å². The Morgan fingerprint density at radius 1 is 1.08 bits per heavy atom. The van der Waals surface area contributed by atoms with Crippen LogP contribution in [-0.4, -0.2) is 15.7 Å². The smallest absolute Gasteiger partial charge is 0.220 e. The van der Waals surface area contributed by atoms with E-state index in [0.29, 0.717) is 24.4 Å². The quantitative estimate of drug-likeness (QED) is 0.743. The van der Waals surface area contributed by atoms with Crippen LogP contribution >= 0.6 is 11.6 Å². The molecule has 0 bridgehead atoms. The average molecular weight is 340 g/mol. The fourth-order valence-corrected chi connectivity index (χ4v) is 2.63. The molecule has 0 aliphatic carbocycles. The van der Waals surface area contributed by atoms with Crippen molar-refractivity contribution in [2.45, 2.75) is 19.4 Å². The number of aryl methyl sites for hydroxylation is 1. The molecule has 1 heterocycles. The van der Waals surface area contributed by atoms with Gasteiger partial charge in [0, 0.05) is 29.7 Å². The second kappa shape index (κ2) is 7.79. The van der Waals surface area contributed by atoms with E-state index in [-0.39, 0.29) is 5.91 Å². The maximum Gasteiger partial charge on any atom is 0.220 e. The number of carbonyl (C=O) groups is 1. The SMILES string of the molecule is O=C(CCc1cccc(Cl)c1)NCc1cnn(-c2ccccc2)c1. The number of rotatable bonds is 6. The molecule has 0 spiro atoms. The van der Waals surface area contributed by atoms with E-state index in [0.717, 1.165) is 16.8 Å². The van der Waals surface area contributed by atoms with Gasteiger partial charge in [0.2, 0.25) is 5.91 Å². The Morgan fingerprint density at radius 3 is 2.71 bits per heavy atom. The van der Waals surface area contributed by atoms with Gasteiger partial charge in [-0.05, 0) is 36.2 Å². The standard InChI is InChI=1S/C19H18ClN3O/c20-17-6-4-5-15(11-17)9-10-19(24)21-12-16-13-22-23(14-16)18-7-2-1-3-8-18/h1-8,11,13-14H,9-10,12H2,(H,21,24). The van der Waals surface area contributed by atoms with Crippen molar-refractivity contribution in [3.05, 3.63) is 83.1 Å². The average Bonchev–Trinajstić information content (AvgIpc) is 3.08. The largest absolute Gasteiger partial charge is 0.352 e. The van der Waals surface area contributed by atoms with Crippen LogP contribution in [0.4, 0.5) is 0 Å². The molecule has 24 heavy (non-hydrogen) atoms. The molecule has 122 valence electrons. The maximum atomic E-state index is 12.0. The summed E-state index contributed by atoms with van der Waals surface area (Å²) in [5.74, 6) is 0.0161. The van der Waals surface area contributed by atoms with Gasteiger partial charge in [0.25, 0.3) is 0 Å². The van der Waals surface area contributed by atoms with E-state index in [2.05, 4.69) is 10.4 Å². The van der Waals surface area contributed by atoms with Gasteiger partial charge in [0.1, 0.15) is 0 Å². The lowest BCUT2D eigenvalue weighted by molar-refractivity contribution is -0.121. The summed E-state index contributed by atoms with van der Waals surface area (Å²) in [5.41, 5.74) is 3.03.